The standard InChI is InChI=1S/C12H18N2O3S/c1-3-10-5-4-6-11(9-10)14-12(15)7-8-13-18(2,16)17/h4-6,9,13H,3,7-8H2,1-2H3,(H,14,15). The van der Waals surface area contributed by atoms with Crippen molar-refractivity contribution in [3.8, 4) is 0 Å². The van der Waals surface area contributed by atoms with Gasteiger partial charge in [-0.15, -0.1) is 0 Å². The van der Waals surface area contributed by atoms with E-state index in [2.05, 4.69) is 10.0 Å². The summed E-state index contributed by atoms with van der Waals surface area (Å²) in [6, 6.07) is 7.58. The Kier molecular flexibility index (Phi) is 5.30. The molecule has 0 saturated heterocycles. The van der Waals surface area contributed by atoms with Crippen LogP contribution in [0.3, 0.4) is 0 Å². The number of nitrogens with one attached hydrogen (secondary N) is 2. The van der Waals surface area contributed by atoms with E-state index >= 15 is 0 Å². The van der Waals surface area contributed by atoms with E-state index in [0.717, 1.165) is 23.9 Å². The summed E-state index contributed by atoms with van der Waals surface area (Å²) in [5.74, 6) is -0.209. The van der Waals surface area contributed by atoms with Crippen LogP contribution < -0.4 is 10.0 Å². The lowest BCUT2D eigenvalue weighted by Gasteiger charge is -2.06. The van der Waals surface area contributed by atoms with Gasteiger partial charge in [0, 0.05) is 18.7 Å². The second-order valence-corrected chi connectivity index (χ2v) is 5.85. The summed E-state index contributed by atoms with van der Waals surface area (Å²) in [7, 11) is -3.23. The topological polar surface area (TPSA) is 75.3 Å². The molecule has 1 aromatic carbocycles. The Morgan fingerprint density at radius 1 is 1.33 bits per heavy atom. The fourth-order valence-corrected chi connectivity index (χ4v) is 1.92. The summed E-state index contributed by atoms with van der Waals surface area (Å²) in [6.07, 6.45) is 2.08. The van der Waals surface area contributed by atoms with Gasteiger partial charge in [-0.2, -0.15) is 0 Å². The van der Waals surface area contributed by atoms with Crippen molar-refractivity contribution in [1.29, 1.82) is 0 Å². The minimum Gasteiger partial charge on any atom is -0.326 e. The molecule has 0 aliphatic heterocycles. The number of rotatable bonds is 6. The molecule has 0 aliphatic carbocycles. The van der Waals surface area contributed by atoms with E-state index in [-0.39, 0.29) is 18.9 Å². The van der Waals surface area contributed by atoms with Crippen LogP contribution in [0.4, 0.5) is 5.69 Å². The molecule has 6 heteroatoms. The van der Waals surface area contributed by atoms with Crippen LogP contribution in [-0.4, -0.2) is 27.1 Å². The van der Waals surface area contributed by atoms with Crippen LogP contribution in [0.2, 0.25) is 0 Å². The molecule has 0 aromatic heterocycles. The zero-order valence-electron chi connectivity index (χ0n) is 10.6. The number of carbonyl (C=O) groups excluding carboxylic acids is 1. The van der Waals surface area contributed by atoms with Crippen LogP contribution >= 0.6 is 0 Å². The zero-order chi connectivity index (χ0) is 13.6. The Morgan fingerprint density at radius 3 is 2.67 bits per heavy atom. The van der Waals surface area contributed by atoms with Crippen LogP contribution in [0.5, 0.6) is 0 Å². The monoisotopic (exact) mass is 270 g/mol. The first-order chi connectivity index (χ1) is 8.40. The van der Waals surface area contributed by atoms with Crippen molar-refractivity contribution in [2.45, 2.75) is 19.8 Å². The second-order valence-electron chi connectivity index (χ2n) is 4.02. The van der Waals surface area contributed by atoms with E-state index < -0.39 is 10.0 Å². The van der Waals surface area contributed by atoms with Crippen molar-refractivity contribution in [2.75, 3.05) is 18.1 Å². The van der Waals surface area contributed by atoms with Gasteiger partial charge in [-0.1, -0.05) is 19.1 Å². The quantitative estimate of drug-likeness (QED) is 0.813. The highest BCUT2D eigenvalue weighted by atomic mass is 32.2. The third-order valence-electron chi connectivity index (χ3n) is 2.34. The maximum absolute atomic E-state index is 11.6. The van der Waals surface area contributed by atoms with E-state index in [4.69, 9.17) is 0 Å². The largest absolute Gasteiger partial charge is 0.326 e. The summed E-state index contributed by atoms with van der Waals surface area (Å²) in [5, 5.41) is 2.73. The van der Waals surface area contributed by atoms with E-state index in [1.165, 1.54) is 0 Å². The minimum atomic E-state index is -3.23. The molecule has 0 atom stereocenters. The van der Waals surface area contributed by atoms with E-state index in [1.54, 1.807) is 6.07 Å². The third kappa shape index (κ3) is 5.79. The lowest BCUT2D eigenvalue weighted by Crippen LogP contribution is -2.26. The molecule has 0 fully saturated rings. The molecule has 0 unspecified atom stereocenters. The average Bonchev–Trinajstić information content (AvgIpc) is 2.27. The molecule has 2 N–H and O–H groups in total. The van der Waals surface area contributed by atoms with Gasteiger partial charge < -0.3 is 5.32 Å². The smallest absolute Gasteiger partial charge is 0.225 e. The normalized spacial score (nSPS) is 11.2. The van der Waals surface area contributed by atoms with Crippen molar-refractivity contribution < 1.29 is 13.2 Å². The predicted molar refractivity (Wildman–Crippen MR) is 71.9 cm³/mol. The maximum Gasteiger partial charge on any atom is 0.225 e. The maximum atomic E-state index is 11.6. The Bertz CT molecular complexity index is 512. The highest BCUT2D eigenvalue weighted by molar-refractivity contribution is 7.88. The highest BCUT2D eigenvalue weighted by Crippen LogP contribution is 2.11. The molecule has 1 aromatic rings. The van der Waals surface area contributed by atoms with E-state index in [1.807, 2.05) is 25.1 Å². The number of amides is 1. The Balaban J connectivity index is 2.44. The van der Waals surface area contributed by atoms with Gasteiger partial charge in [0.15, 0.2) is 0 Å². The summed E-state index contributed by atoms with van der Waals surface area (Å²) >= 11 is 0. The lowest BCUT2D eigenvalue weighted by molar-refractivity contribution is -0.116. The van der Waals surface area contributed by atoms with Crippen LogP contribution in [0.25, 0.3) is 0 Å². The van der Waals surface area contributed by atoms with Crippen molar-refractivity contribution in [2.24, 2.45) is 0 Å². The van der Waals surface area contributed by atoms with Crippen molar-refractivity contribution in [1.82, 2.24) is 4.72 Å². The number of hydrogen-bond donors (Lipinski definition) is 2. The number of hydrogen-bond acceptors (Lipinski definition) is 3. The number of anilines is 1. The van der Waals surface area contributed by atoms with Gasteiger partial charge in [-0.3, -0.25) is 4.79 Å². The molecule has 0 aliphatic rings. The van der Waals surface area contributed by atoms with Gasteiger partial charge in [0.2, 0.25) is 15.9 Å². The van der Waals surface area contributed by atoms with Gasteiger partial charge in [0.1, 0.15) is 0 Å². The Hall–Kier alpha value is -1.40. The van der Waals surface area contributed by atoms with Gasteiger partial charge >= 0.3 is 0 Å². The molecule has 0 spiro atoms. The molecule has 0 saturated carbocycles. The number of carbonyl (C=O) groups is 1. The first kappa shape index (κ1) is 14.7. The Labute approximate surface area is 108 Å². The van der Waals surface area contributed by atoms with Crippen molar-refractivity contribution >= 4 is 21.6 Å². The summed E-state index contributed by atoms with van der Waals surface area (Å²) in [4.78, 5) is 11.6. The fourth-order valence-electron chi connectivity index (χ4n) is 1.44. The van der Waals surface area contributed by atoms with Crippen LogP contribution in [-0.2, 0) is 21.2 Å². The first-order valence-electron chi connectivity index (χ1n) is 5.74. The van der Waals surface area contributed by atoms with Crippen molar-refractivity contribution in [3.63, 3.8) is 0 Å². The molecule has 5 nitrogen and oxygen atoms in total. The van der Waals surface area contributed by atoms with E-state index in [9.17, 15) is 13.2 Å². The fraction of sp³-hybridized carbons (Fsp3) is 0.417. The molecular weight excluding hydrogens is 252 g/mol. The number of benzene rings is 1. The highest BCUT2D eigenvalue weighted by Gasteiger charge is 2.05. The van der Waals surface area contributed by atoms with Crippen LogP contribution in [0.15, 0.2) is 24.3 Å². The average molecular weight is 270 g/mol. The van der Waals surface area contributed by atoms with Gasteiger partial charge in [0.05, 0.1) is 6.26 Å². The zero-order valence-corrected chi connectivity index (χ0v) is 11.4. The number of sulfonamides is 1. The number of aryl methyl sites for hydroxylation is 1. The lowest BCUT2D eigenvalue weighted by atomic mass is 10.1. The summed E-state index contributed by atoms with van der Waals surface area (Å²) in [5.41, 5.74) is 1.88. The van der Waals surface area contributed by atoms with Crippen LogP contribution in [0, 0.1) is 0 Å². The summed E-state index contributed by atoms with van der Waals surface area (Å²) in [6.45, 7) is 2.15. The molecule has 1 rings (SSSR count). The second kappa shape index (κ2) is 6.51. The molecule has 0 bridgehead atoms. The third-order valence-corrected chi connectivity index (χ3v) is 3.06. The summed E-state index contributed by atoms with van der Waals surface area (Å²) < 4.78 is 23.9. The molecule has 0 heterocycles. The molecule has 1 amide bonds. The first-order valence-corrected chi connectivity index (χ1v) is 7.63. The van der Waals surface area contributed by atoms with Crippen LogP contribution in [0.1, 0.15) is 18.9 Å². The Morgan fingerprint density at radius 2 is 2.06 bits per heavy atom. The van der Waals surface area contributed by atoms with Gasteiger partial charge in [-0.05, 0) is 24.1 Å². The van der Waals surface area contributed by atoms with E-state index in [0.29, 0.717) is 0 Å². The van der Waals surface area contributed by atoms with Crippen molar-refractivity contribution in [3.05, 3.63) is 29.8 Å². The predicted octanol–water partition coefficient (Wildman–Crippen LogP) is 1.13. The molecule has 100 valence electrons. The molecule has 0 radical (unpaired) electrons. The SMILES string of the molecule is CCc1cccc(NC(=O)CCNS(C)(=O)=O)c1. The molecule has 18 heavy (non-hydrogen) atoms. The molecular formula is C12H18N2O3S. The van der Waals surface area contributed by atoms with Gasteiger partial charge in [0.25, 0.3) is 0 Å². The minimum absolute atomic E-state index is 0.109. The van der Waals surface area contributed by atoms with Gasteiger partial charge in [-0.25, -0.2) is 13.1 Å².